The summed E-state index contributed by atoms with van der Waals surface area (Å²) in [6.45, 7) is 8.36. The maximum Gasteiger partial charge on any atom is 0.251 e. The molecule has 0 unspecified atom stereocenters. The van der Waals surface area contributed by atoms with Crippen LogP contribution in [0.2, 0.25) is 0 Å². The Balaban J connectivity index is 2.54. The predicted molar refractivity (Wildman–Crippen MR) is 82.5 cm³/mol. The topological polar surface area (TPSA) is 58.6 Å². The minimum absolute atomic E-state index is 0.00111. The van der Waals surface area contributed by atoms with Gasteiger partial charge in [-0.1, -0.05) is 0 Å². The third-order valence-corrected chi connectivity index (χ3v) is 3.16. The first-order chi connectivity index (χ1) is 9.75. The highest BCUT2D eigenvalue weighted by Crippen LogP contribution is 2.13. The molecule has 0 aliphatic heterocycles. The minimum atomic E-state index is -0.253. The summed E-state index contributed by atoms with van der Waals surface area (Å²) in [5.74, 6) is 0.554. The molecule has 21 heavy (non-hydrogen) atoms. The van der Waals surface area contributed by atoms with Crippen LogP contribution in [-0.4, -0.2) is 42.5 Å². The molecule has 0 aliphatic rings. The molecule has 0 saturated heterocycles. The number of ether oxygens (including phenoxy) is 1. The Labute approximate surface area is 126 Å². The maximum atomic E-state index is 12.0. The fraction of sp³-hybridized carbons (Fsp3) is 0.500. The first-order valence-corrected chi connectivity index (χ1v) is 6.96. The van der Waals surface area contributed by atoms with Crippen LogP contribution in [0.1, 0.15) is 38.1 Å². The Morgan fingerprint density at radius 1 is 1.19 bits per heavy atom. The van der Waals surface area contributed by atoms with Gasteiger partial charge in [0.05, 0.1) is 7.11 Å². The molecule has 0 saturated carbocycles. The van der Waals surface area contributed by atoms with E-state index >= 15 is 0 Å². The molecule has 0 spiro atoms. The van der Waals surface area contributed by atoms with Crippen LogP contribution in [0.25, 0.3) is 0 Å². The number of rotatable bonds is 5. The Bertz CT molecular complexity index is 489. The molecule has 0 aromatic heterocycles. The van der Waals surface area contributed by atoms with Gasteiger partial charge in [0, 0.05) is 31.1 Å². The fourth-order valence-electron chi connectivity index (χ4n) is 2.09. The van der Waals surface area contributed by atoms with Crippen molar-refractivity contribution >= 4 is 11.8 Å². The molecule has 0 aliphatic carbocycles. The van der Waals surface area contributed by atoms with Gasteiger partial charge in [0.15, 0.2) is 0 Å². The van der Waals surface area contributed by atoms with E-state index < -0.39 is 0 Å². The van der Waals surface area contributed by atoms with Crippen molar-refractivity contribution in [3.8, 4) is 5.75 Å². The van der Waals surface area contributed by atoms with Crippen LogP contribution in [0.5, 0.6) is 5.75 Å². The molecule has 0 bridgehead atoms. The first-order valence-electron chi connectivity index (χ1n) is 6.96. The van der Waals surface area contributed by atoms with Crippen molar-refractivity contribution in [1.29, 1.82) is 0 Å². The van der Waals surface area contributed by atoms with Gasteiger partial charge in [-0.05, 0) is 45.0 Å². The molecular weight excluding hydrogens is 268 g/mol. The molecule has 1 rings (SSSR count). The van der Waals surface area contributed by atoms with Gasteiger partial charge in [-0.15, -0.1) is 0 Å². The number of hydrogen-bond acceptors (Lipinski definition) is 3. The van der Waals surface area contributed by atoms with E-state index in [-0.39, 0.29) is 17.4 Å². The second kappa shape index (κ2) is 7.11. The van der Waals surface area contributed by atoms with Gasteiger partial charge in [-0.25, -0.2) is 0 Å². The number of carbonyl (C=O) groups is 2. The highest BCUT2D eigenvalue weighted by atomic mass is 16.5. The van der Waals surface area contributed by atoms with Crippen molar-refractivity contribution in [2.24, 2.45) is 0 Å². The van der Waals surface area contributed by atoms with Crippen molar-refractivity contribution in [2.75, 3.05) is 20.2 Å². The highest BCUT2D eigenvalue weighted by Gasteiger charge is 2.23. The lowest BCUT2D eigenvalue weighted by molar-refractivity contribution is -0.133. The van der Waals surface area contributed by atoms with E-state index in [4.69, 9.17) is 4.74 Å². The third-order valence-electron chi connectivity index (χ3n) is 3.16. The second-order valence-corrected chi connectivity index (χ2v) is 5.83. The molecule has 2 amide bonds. The van der Waals surface area contributed by atoms with E-state index in [0.29, 0.717) is 24.4 Å². The van der Waals surface area contributed by atoms with Crippen molar-refractivity contribution in [2.45, 2.75) is 33.2 Å². The van der Waals surface area contributed by atoms with Crippen LogP contribution in [0.3, 0.4) is 0 Å². The SMILES string of the molecule is COc1ccc(C(=O)NCCN(C(C)=O)C(C)(C)C)cc1. The number of benzene rings is 1. The van der Waals surface area contributed by atoms with E-state index in [1.165, 1.54) is 6.92 Å². The zero-order chi connectivity index (χ0) is 16.0. The average molecular weight is 292 g/mol. The van der Waals surface area contributed by atoms with Gasteiger partial charge in [0.1, 0.15) is 5.75 Å². The molecule has 0 radical (unpaired) electrons. The summed E-state index contributed by atoms with van der Waals surface area (Å²) in [7, 11) is 1.58. The number of methoxy groups -OCH3 is 1. The smallest absolute Gasteiger partial charge is 0.251 e. The molecule has 0 fully saturated rings. The number of carbonyl (C=O) groups excluding carboxylic acids is 2. The van der Waals surface area contributed by atoms with Crippen LogP contribution < -0.4 is 10.1 Å². The summed E-state index contributed by atoms with van der Waals surface area (Å²) < 4.78 is 5.05. The Hall–Kier alpha value is -2.04. The van der Waals surface area contributed by atoms with Crippen LogP contribution >= 0.6 is 0 Å². The largest absolute Gasteiger partial charge is 0.497 e. The maximum absolute atomic E-state index is 12.0. The minimum Gasteiger partial charge on any atom is -0.497 e. The molecule has 5 nitrogen and oxygen atoms in total. The monoisotopic (exact) mass is 292 g/mol. The third kappa shape index (κ3) is 5.10. The van der Waals surface area contributed by atoms with Gasteiger partial charge in [0.2, 0.25) is 5.91 Å². The van der Waals surface area contributed by atoms with Gasteiger partial charge in [-0.3, -0.25) is 9.59 Å². The average Bonchev–Trinajstić information content (AvgIpc) is 2.41. The Kier molecular flexibility index (Phi) is 5.76. The molecule has 116 valence electrons. The molecule has 1 aromatic carbocycles. The van der Waals surface area contributed by atoms with Crippen LogP contribution in [-0.2, 0) is 4.79 Å². The summed E-state index contributed by atoms with van der Waals surface area (Å²) in [6, 6.07) is 6.90. The second-order valence-electron chi connectivity index (χ2n) is 5.83. The van der Waals surface area contributed by atoms with E-state index in [2.05, 4.69) is 5.32 Å². The Morgan fingerprint density at radius 2 is 1.76 bits per heavy atom. The summed E-state index contributed by atoms with van der Waals surface area (Å²) in [4.78, 5) is 25.3. The van der Waals surface area contributed by atoms with Crippen molar-refractivity contribution in [3.05, 3.63) is 29.8 Å². The molecule has 0 heterocycles. The summed E-state index contributed by atoms with van der Waals surface area (Å²) in [5, 5.41) is 2.82. The fourth-order valence-corrected chi connectivity index (χ4v) is 2.09. The summed E-state index contributed by atoms with van der Waals surface area (Å²) in [5.41, 5.74) is 0.317. The van der Waals surface area contributed by atoms with E-state index in [1.807, 2.05) is 20.8 Å². The van der Waals surface area contributed by atoms with Gasteiger partial charge in [0.25, 0.3) is 5.91 Å². The number of hydrogen-bond donors (Lipinski definition) is 1. The lowest BCUT2D eigenvalue weighted by atomic mass is 10.1. The molecule has 1 N–H and O–H groups in total. The molecule has 1 aromatic rings. The number of nitrogens with one attached hydrogen (secondary N) is 1. The highest BCUT2D eigenvalue weighted by molar-refractivity contribution is 5.94. The summed E-state index contributed by atoms with van der Waals surface area (Å²) >= 11 is 0. The van der Waals surface area contributed by atoms with Crippen LogP contribution in [0.15, 0.2) is 24.3 Å². The van der Waals surface area contributed by atoms with Gasteiger partial charge >= 0.3 is 0 Å². The van der Waals surface area contributed by atoms with Crippen molar-refractivity contribution in [3.63, 3.8) is 0 Å². The normalized spacial score (nSPS) is 10.9. The zero-order valence-electron chi connectivity index (χ0n) is 13.4. The predicted octanol–water partition coefficient (Wildman–Crippen LogP) is 2.07. The lowest BCUT2D eigenvalue weighted by Crippen LogP contribution is -2.48. The van der Waals surface area contributed by atoms with E-state index in [0.717, 1.165) is 0 Å². The number of amides is 2. The number of nitrogens with zero attached hydrogens (tertiary/aromatic N) is 1. The standard InChI is InChI=1S/C16H24N2O3/c1-12(19)18(16(2,3)4)11-10-17-15(20)13-6-8-14(21-5)9-7-13/h6-9H,10-11H2,1-5H3,(H,17,20). The first kappa shape index (κ1) is 17.0. The molecular formula is C16H24N2O3. The van der Waals surface area contributed by atoms with Crippen molar-refractivity contribution < 1.29 is 14.3 Å². The summed E-state index contributed by atoms with van der Waals surface area (Å²) in [6.07, 6.45) is 0. The van der Waals surface area contributed by atoms with E-state index in [9.17, 15) is 9.59 Å². The van der Waals surface area contributed by atoms with Crippen LogP contribution in [0.4, 0.5) is 0 Å². The Morgan fingerprint density at radius 3 is 2.19 bits per heavy atom. The van der Waals surface area contributed by atoms with Gasteiger partial charge in [-0.2, -0.15) is 0 Å². The van der Waals surface area contributed by atoms with Gasteiger partial charge < -0.3 is 15.0 Å². The molecule has 5 heteroatoms. The van der Waals surface area contributed by atoms with Crippen molar-refractivity contribution in [1.82, 2.24) is 10.2 Å². The van der Waals surface area contributed by atoms with E-state index in [1.54, 1.807) is 36.3 Å². The molecule has 0 atom stereocenters. The van der Waals surface area contributed by atoms with Crippen LogP contribution in [0, 0.1) is 0 Å². The quantitative estimate of drug-likeness (QED) is 0.904. The lowest BCUT2D eigenvalue weighted by Gasteiger charge is -2.35. The zero-order valence-corrected chi connectivity index (χ0v) is 13.4.